The number of fused-ring (bicyclic) bond motifs is 1. The minimum absolute atomic E-state index is 0.0899. The second-order valence-electron chi connectivity index (χ2n) is 4.63. The van der Waals surface area contributed by atoms with Gasteiger partial charge in [-0.3, -0.25) is 9.59 Å². The van der Waals surface area contributed by atoms with Gasteiger partial charge in [-0.05, 0) is 25.1 Å². The fourth-order valence-electron chi connectivity index (χ4n) is 1.89. The molecule has 0 saturated heterocycles. The van der Waals surface area contributed by atoms with Crippen molar-refractivity contribution < 1.29 is 4.79 Å². The maximum Gasteiger partial charge on any atom is 0.258 e. The van der Waals surface area contributed by atoms with Crippen molar-refractivity contribution in [3.05, 3.63) is 39.4 Å². The van der Waals surface area contributed by atoms with Gasteiger partial charge in [0.15, 0.2) is 0 Å². The number of nitrogens with two attached hydrogens (primary N) is 1. The van der Waals surface area contributed by atoms with Gasteiger partial charge in [0.25, 0.3) is 5.56 Å². The third-order valence-electron chi connectivity index (χ3n) is 2.84. The highest BCUT2D eigenvalue weighted by molar-refractivity contribution is 6.31. The quantitative estimate of drug-likeness (QED) is 0.763. The van der Waals surface area contributed by atoms with Crippen molar-refractivity contribution in [1.82, 2.24) is 15.3 Å². The van der Waals surface area contributed by atoms with Gasteiger partial charge in [-0.25, -0.2) is 4.98 Å². The lowest BCUT2D eigenvalue weighted by Crippen LogP contribution is -2.31. The SMILES string of the molecule is CC(CC(N)=O)NCc1nc2cc(Cl)ccc2c(=O)[nH]1. The smallest absolute Gasteiger partial charge is 0.258 e. The number of hydrogen-bond acceptors (Lipinski definition) is 4. The predicted molar refractivity (Wildman–Crippen MR) is 77.5 cm³/mol. The molecule has 0 radical (unpaired) electrons. The summed E-state index contributed by atoms with van der Waals surface area (Å²) in [6.45, 7) is 2.17. The molecule has 0 aliphatic rings. The molecule has 6 nitrogen and oxygen atoms in total. The Balaban J connectivity index is 2.19. The molecule has 1 amide bonds. The topological polar surface area (TPSA) is 101 Å². The number of hydrogen-bond donors (Lipinski definition) is 3. The molecule has 1 unspecified atom stereocenters. The molecular formula is C13H15ClN4O2. The Morgan fingerprint density at radius 3 is 3.00 bits per heavy atom. The molecule has 7 heteroatoms. The highest BCUT2D eigenvalue weighted by Crippen LogP contribution is 2.14. The summed E-state index contributed by atoms with van der Waals surface area (Å²) in [5, 5.41) is 4.08. The number of nitrogens with one attached hydrogen (secondary N) is 2. The molecule has 20 heavy (non-hydrogen) atoms. The van der Waals surface area contributed by atoms with Crippen molar-refractivity contribution in [1.29, 1.82) is 0 Å². The number of aromatic amines is 1. The molecule has 1 atom stereocenters. The normalized spacial score (nSPS) is 12.5. The molecule has 0 aliphatic heterocycles. The summed E-state index contributed by atoms with van der Waals surface area (Å²) < 4.78 is 0. The lowest BCUT2D eigenvalue weighted by atomic mass is 10.2. The van der Waals surface area contributed by atoms with Crippen LogP contribution in [0.4, 0.5) is 0 Å². The number of H-pyrrole nitrogens is 1. The van der Waals surface area contributed by atoms with Crippen LogP contribution in [0.2, 0.25) is 5.02 Å². The molecule has 2 aromatic rings. The fraction of sp³-hybridized carbons (Fsp3) is 0.308. The standard InChI is InChI=1S/C13H15ClN4O2/c1-7(4-11(15)19)16-6-12-17-10-5-8(14)2-3-9(10)13(20)18-12/h2-3,5,7,16H,4,6H2,1H3,(H2,15,19)(H,17,18,20). The molecule has 0 fully saturated rings. The number of primary amides is 1. The Morgan fingerprint density at radius 2 is 2.30 bits per heavy atom. The molecule has 0 saturated carbocycles. The molecule has 0 bridgehead atoms. The lowest BCUT2D eigenvalue weighted by Gasteiger charge is -2.11. The fourth-order valence-corrected chi connectivity index (χ4v) is 2.06. The summed E-state index contributed by atoms with van der Waals surface area (Å²) in [4.78, 5) is 29.7. The van der Waals surface area contributed by atoms with Crippen molar-refractivity contribution in [2.24, 2.45) is 5.73 Å². The molecule has 1 aromatic heterocycles. The van der Waals surface area contributed by atoms with E-state index >= 15 is 0 Å². The number of carbonyl (C=O) groups is 1. The monoisotopic (exact) mass is 294 g/mol. The van der Waals surface area contributed by atoms with Gasteiger partial charge in [0.1, 0.15) is 5.82 Å². The van der Waals surface area contributed by atoms with Crippen LogP contribution in [0, 0.1) is 0 Å². The van der Waals surface area contributed by atoms with Crippen molar-refractivity contribution in [2.75, 3.05) is 0 Å². The van der Waals surface area contributed by atoms with Crippen LogP contribution in [0.1, 0.15) is 19.2 Å². The number of benzene rings is 1. The van der Waals surface area contributed by atoms with Crippen molar-refractivity contribution in [2.45, 2.75) is 25.9 Å². The van der Waals surface area contributed by atoms with Crippen LogP contribution in [0.3, 0.4) is 0 Å². The van der Waals surface area contributed by atoms with Gasteiger partial charge < -0.3 is 16.0 Å². The molecule has 106 valence electrons. The maximum atomic E-state index is 11.9. The van der Waals surface area contributed by atoms with Gasteiger partial charge in [-0.15, -0.1) is 0 Å². The first kappa shape index (κ1) is 14.5. The van der Waals surface area contributed by atoms with E-state index in [4.69, 9.17) is 17.3 Å². The lowest BCUT2D eigenvalue weighted by molar-refractivity contribution is -0.118. The van der Waals surface area contributed by atoms with E-state index in [0.29, 0.717) is 28.3 Å². The van der Waals surface area contributed by atoms with E-state index in [1.807, 2.05) is 6.92 Å². The van der Waals surface area contributed by atoms with Crippen LogP contribution in [-0.4, -0.2) is 21.9 Å². The van der Waals surface area contributed by atoms with E-state index < -0.39 is 0 Å². The second-order valence-corrected chi connectivity index (χ2v) is 5.06. The molecule has 0 spiro atoms. The third kappa shape index (κ3) is 3.55. The average molecular weight is 295 g/mol. The Labute approximate surface area is 120 Å². The average Bonchev–Trinajstić information content (AvgIpc) is 2.35. The summed E-state index contributed by atoms with van der Waals surface area (Å²) in [5.41, 5.74) is 5.44. The van der Waals surface area contributed by atoms with Gasteiger partial charge in [0, 0.05) is 17.5 Å². The van der Waals surface area contributed by atoms with Gasteiger partial charge in [0.05, 0.1) is 17.4 Å². The molecule has 1 aromatic carbocycles. The molecule has 1 heterocycles. The van der Waals surface area contributed by atoms with Crippen molar-refractivity contribution in [3.8, 4) is 0 Å². The zero-order chi connectivity index (χ0) is 14.7. The van der Waals surface area contributed by atoms with Crippen LogP contribution in [0.5, 0.6) is 0 Å². The number of halogens is 1. The van der Waals surface area contributed by atoms with E-state index in [2.05, 4.69) is 15.3 Å². The minimum Gasteiger partial charge on any atom is -0.370 e. The molecular weight excluding hydrogens is 280 g/mol. The highest BCUT2D eigenvalue weighted by Gasteiger charge is 2.08. The van der Waals surface area contributed by atoms with E-state index in [1.165, 1.54) is 0 Å². The van der Waals surface area contributed by atoms with Crippen molar-refractivity contribution in [3.63, 3.8) is 0 Å². The largest absolute Gasteiger partial charge is 0.370 e. The zero-order valence-electron chi connectivity index (χ0n) is 10.9. The van der Waals surface area contributed by atoms with E-state index in [9.17, 15) is 9.59 Å². The molecule has 4 N–H and O–H groups in total. The predicted octanol–water partition coefficient (Wildman–Crippen LogP) is 0.930. The molecule has 0 aliphatic carbocycles. The van der Waals surface area contributed by atoms with Crippen LogP contribution < -0.4 is 16.6 Å². The summed E-state index contributed by atoms with van der Waals surface area (Å²) >= 11 is 5.89. The number of amides is 1. The Kier molecular flexibility index (Phi) is 4.36. The summed E-state index contributed by atoms with van der Waals surface area (Å²) in [6.07, 6.45) is 0.226. The maximum absolute atomic E-state index is 11.9. The van der Waals surface area contributed by atoms with Crippen LogP contribution >= 0.6 is 11.6 Å². The van der Waals surface area contributed by atoms with Gasteiger partial charge in [0.2, 0.25) is 5.91 Å². The first-order chi connectivity index (χ1) is 9.45. The van der Waals surface area contributed by atoms with Gasteiger partial charge >= 0.3 is 0 Å². The van der Waals surface area contributed by atoms with Crippen LogP contribution in [0.15, 0.2) is 23.0 Å². The second kappa shape index (κ2) is 6.02. The minimum atomic E-state index is -0.378. The van der Waals surface area contributed by atoms with Crippen LogP contribution in [-0.2, 0) is 11.3 Å². The number of rotatable bonds is 5. The third-order valence-corrected chi connectivity index (χ3v) is 3.08. The highest BCUT2D eigenvalue weighted by atomic mass is 35.5. The van der Waals surface area contributed by atoms with Gasteiger partial charge in [-0.2, -0.15) is 0 Å². The Morgan fingerprint density at radius 1 is 1.55 bits per heavy atom. The first-order valence-corrected chi connectivity index (χ1v) is 6.53. The zero-order valence-corrected chi connectivity index (χ0v) is 11.7. The Hall–Kier alpha value is -1.92. The summed E-state index contributed by atoms with van der Waals surface area (Å²) in [5.74, 6) is 0.109. The number of carbonyl (C=O) groups excluding carboxylic acids is 1. The summed E-state index contributed by atoms with van der Waals surface area (Å²) in [7, 11) is 0. The van der Waals surface area contributed by atoms with Crippen LogP contribution in [0.25, 0.3) is 10.9 Å². The van der Waals surface area contributed by atoms with E-state index in [-0.39, 0.29) is 23.9 Å². The van der Waals surface area contributed by atoms with E-state index in [0.717, 1.165) is 0 Å². The van der Waals surface area contributed by atoms with E-state index in [1.54, 1.807) is 18.2 Å². The Bertz CT molecular complexity index is 698. The molecule has 2 rings (SSSR count). The number of aromatic nitrogens is 2. The summed E-state index contributed by atoms with van der Waals surface area (Å²) in [6, 6.07) is 4.83. The number of nitrogens with zero attached hydrogens (tertiary/aromatic N) is 1. The first-order valence-electron chi connectivity index (χ1n) is 6.16. The van der Waals surface area contributed by atoms with Crippen molar-refractivity contribution >= 4 is 28.4 Å². The van der Waals surface area contributed by atoms with Gasteiger partial charge in [-0.1, -0.05) is 11.6 Å².